The van der Waals surface area contributed by atoms with Crippen LogP contribution in [0.5, 0.6) is 0 Å². The third-order valence-corrected chi connectivity index (χ3v) is 11.0. The Labute approximate surface area is 310 Å². The lowest BCUT2D eigenvalue weighted by Gasteiger charge is -2.28. The average Bonchev–Trinajstić information content (AvgIpc) is 3.70. The third kappa shape index (κ3) is 5.26. The minimum absolute atomic E-state index is 0.109. The molecule has 0 amide bonds. The first kappa shape index (κ1) is 31.1. The highest BCUT2D eigenvalue weighted by atomic mass is 16.3. The lowest BCUT2D eigenvalue weighted by molar-refractivity contribution is 0.660. The zero-order chi connectivity index (χ0) is 35.5. The molecule has 1 aromatic heterocycles. The van der Waals surface area contributed by atoms with Gasteiger partial charge in [-0.1, -0.05) is 135 Å². The molecule has 0 unspecified atom stereocenters. The van der Waals surface area contributed by atoms with Crippen LogP contribution in [0, 0.1) is 0 Å². The van der Waals surface area contributed by atoms with E-state index in [1.807, 2.05) is 12.1 Å². The number of benzene rings is 8. The van der Waals surface area contributed by atoms with E-state index in [-0.39, 0.29) is 5.41 Å². The molecule has 9 aromatic rings. The fraction of sp³-hybridized carbons (Fsp3) is 0.0588. The lowest BCUT2D eigenvalue weighted by atomic mass is 9.82. The quantitative estimate of drug-likeness (QED) is 0.174. The van der Waals surface area contributed by atoms with Crippen molar-refractivity contribution in [2.45, 2.75) is 19.3 Å². The summed E-state index contributed by atoms with van der Waals surface area (Å²) in [6.45, 7) is 4.69. The van der Waals surface area contributed by atoms with Gasteiger partial charge in [0.05, 0.1) is 0 Å². The first-order valence-electron chi connectivity index (χ1n) is 18.3. The largest absolute Gasteiger partial charge is 0.456 e. The van der Waals surface area contributed by atoms with E-state index in [0.29, 0.717) is 0 Å². The zero-order valence-corrected chi connectivity index (χ0v) is 29.8. The summed E-state index contributed by atoms with van der Waals surface area (Å²) in [6.07, 6.45) is 0. The van der Waals surface area contributed by atoms with Crippen LogP contribution in [0.25, 0.3) is 66.4 Å². The van der Waals surface area contributed by atoms with E-state index in [4.69, 9.17) is 4.42 Å². The van der Waals surface area contributed by atoms with Crippen molar-refractivity contribution >= 4 is 39.0 Å². The molecule has 1 heterocycles. The molecule has 252 valence electrons. The first-order chi connectivity index (χ1) is 26.0. The maximum absolute atomic E-state index is 6.25. The normalized spacial score (nSPS) is 12.9. The maximum Gasteiger partial charge on any atom is 0.135 e. The summed E-state index contributed by atoms with van der Waals surface area (Å²) in [4.78, 5) is 2.39. The highest BCUT2D eigenvalue weighted by Gasteiger charge is 2.35. The summed E-state index contributed by atoms with van der Waals surface area (Å²) in [5.74, 6) is 0. The molecule has 2 nitrogen and oxygen atoms in total. The van der Waals surface area contributed by atoms with Gasteiger partial charge in [0, 0.05) is 33.2 Å². The second-order valence-corrected chi connectivity index (χ2v) is 14.6. The Balaban J connectivity index is 1.12. The molecule has 0 spiro atoms. The number of hydrogen-bond acceptors (Lipinski definition) is 2. The standard InChI is InChI=1S/C51H37NO/c1-51(2)47-19-11-9-17-43(47)44-27-25-42(33-48(44)51)52(41-26-28-50-46(32-41)45-18-10-12-20-49(45)53-50)40-23-21-36(22-24-40)39-30-37(34-13-5-3-6-14-34)29-38(31-39)35-15-7-4-8-16-35/h3-33H,1-2H3. The average molecular weight is 680 g/mol. The van der Waals surface area contributed by atoms with Crippen molar-refractivity contribution in [1.82, 2.24) is 0 Å². The molecule has 1 aliphatic carbocycles. The van der Waals surface area contributed by atoms with Gasteiger partial charge >= 0.3 is 0 Å². The van der Waals surface area contributed by atoms with Gasteiger partial charge in [-0.15, -0.1) is 0 Å². The summed E-state index contributed by atoms with van der Waals surface area (Å²) >= 11 is 0. The minimum Gasteiger partial charge on any atom is -0.456 e. The maximum atomic E-state index is 6.25. The molecule has 53 heavy (non-hydrogen) atoms. The SMILES string of the molecule is CC1(C)c2ccccc2-c2ccc(N(c3ccc(-c4cc(-c5ccccc5)cc(-c5ccccc5)c4)cc3)c3ccc4oc5ccccc5c4c3)cc21. The smallest absolute Gasteiger partial charge is 0.135 e. The molecule has 0 N–H and O–H groups in total. The predicted octanol–water partition coefficient (Wildman–Crippen LogP) is 14.4. The minimum atomic E-state index is -0.109. The van der Waals surface area contributed by atoms with Gasteiger partial charge < -0.3 is 9.32 Å². The van der Waals surface area contributed by atoms with Crippen molar-refractivity contribution in [3.63, 3.8) is 0 Å². The van der Waals surface area contributed by atoms with Crippen LogP contribution < -0.4 is 4.90 Å². The highest BCUT2D eigenvalue weighted by molar-refractivity contribution is 6.06. The third-order valence-electron chi connectivity index (χ3n) is 11.0. The van der Waals surface area contributed by atoms with Crippen LogP contribution in [-0.2, 0) is 5.41 Å². The summed E-state index contributed by atoms with van der Waals surface area (Å²) in [6, 6.07) is 68.0. The van der Waals surface area contributed by atoms with Gasteiger partial charge in [0.2, 0.25) is 0 Å². The molecule has 0 bridgehead atoms. The predicted molar refractivity (Wildman–Crippen MR) is 222 cm³/mol. The van der Waals surface area contributed by atoms with Crippen molar-refractivity contribution < 1.29 is 4.42 Å². The second kappa shape index (κ2) is 12.3. The molecular formula is C51H37NO. The topological polar surface area (TPSA) is 16.4 Å². The van der Waals surface area contributed by atoms with Crippen molar-refractivity contribution in [2.75, 3.05) is 4.90 Å². The number of hydrogen-bond donors (Lipinski definition) is 0. The Morgan fingerprint density at radius 2 is 0.868 bits per heavy atom. The van der Waals surface area contributed by atoms with Crippen molar-refractivity contribution in [2.24, 2.45) is 0 Å². The summed E-state index contributed by atoms with van der Waals surface area (Å²) in [5.41, 5.74) is 17.5. The number of furan rings is 1. The number of para-hydroxylation sites is 1. The van der Waals surface area contributed by atoms with Crippen molar-refractivity contribution in [3.05, 3.63) is 199 Å². The van der Waals surface area contributed by atoms with Crippen LogP contribution in [0.3, 0.4) is 0 Å². The molecular weight excluding hydrogens is 643 g/mol. The number of anilines is 3. The Morgan fingerprint density at radius 1 is 0.358 bits per heavy atom. The van der Waals surface area contributed by atoms with E-state index in [0.717, 1.165) is 39.0 Å². The molecule has 0 aliphatic heterocycles. The van der Waals surface area contributed by atoms with Gasteiger partial charge in [-0.3, -0.25) is 0 Å². The van der Waals surface area contributed by atoms with Crippen LogP contribution in [0.2, 0.25) is 0 Å². The van der Waals surface area contributed by atoms with Crippen molar-refractivity contribution in [1.29, 1.82) is 0 Å². The fourth-order valence-corrected chi connectivity index (χ4v) is 8.32. The second-order valence-electron chi connectivity index (χ2n) is 14.6. The van der Waals surface area contributed by atoms with E-state index in [2.05, 4.69) is 195 Å². The van der Waals surface area contributed by atoms with E-state index < -0.39 is 0 Å². The summed E-state index contributed by atoms with van der Waals surface area (Å²) in [5, 5.41) is 2.23. The first-order valence-corrected chi connectivity index (χ1v) is 18.3. The van der Waals surface area contributed by atoms with Crippen LogP contribution in [0.15, 0.2) is 192 Å². The molecule has 0 radical (unpaired) electrons. The number of nitrogens with zero attached hydrogens (tertiary/aromatic N) is 1. The van der Waals surface area contributed by atoms with Crippen LogP contribution in [0.1, 0.15) is 25.0 Å². The fourth-order valence-electron chi connectivity index (χ4n) is 8.32. The van der Waals surface area contributed by atoms with Gasteiger partial charge in [0.25, 0.3) is 0 Å². The summed E-state index contributed by atoms with van der Waals surface area (Å²) < 4.78 is 6.25. The monoisotopic (exact) mass is 679 g/mol. The van der Waals surface area contributed by atoms with E-state index in [1.54, 1.807) is 0 Å². The van der Waals surface area contributed by atoms with Gasteiger partial charge in [0.15, 0.2) is 0 Å². The molecule has 8 aromatic carbocycles. The molecule has 0 atom stereocenters. The number of rotatable bonds is 6. The lowest BCUT2D eigenvalue weighted by Crippen LogP contribution is -2.16. The van der Waals surface area contributed by atoms with Crippen molar-refractivity contribution in [3.8, 4) is 44.5 Å². The Hall–Kier alpha value is -6.64. The molecule has 0 fully saturated rings. The number of fused-ring (bicyclic) bond motifs is 6. The molecule has 0 saturated heterocycles. The Bertz CT molecular complexity index is 2730. The van der Waals surface area contributed by atoms with E-state index in [9.17, 15) is 0 Å². The van der Waals surface area contributed by atoms with E-state index >= 15 is 0 Å². The van der Waals surface area contributed by atoms with Crippen LogP contribution >= 0.6 is 0 Å². The highest BCUT2D eigenvalue weighted by Crippen LogP contribution is 2.51. The molecule has 0 saturated carbocycles. The Kier molecular flexibility index (Phi) is 7.19. The van der Waals surface area contributed by atoms with Crippen LogP contribution in [0.4, 0.5) is 17.1 Å². The molecule has 10 rings (SSSR count). The zero-order valence-electron chi connectivity index (χ0n) is 29.8. The molecule has 2 heteroatoms. The van der Waals surface area contributed by atoms with Gasteiger partial charge in [0.1, 0.15) is 11.2 Å². The molecule has 1 aliphatic rings. The van der Waals surface area contributed by atoms with E-state index in [1.165, 1.54) is 55.6 Å². The summed E-state index contributed by atoms with van der Waals surface area (Å²) in [7, 11) is 0. The van der Waals surface area contributed by atoms with Gasteiger partial charge in [-0.25, -0.2) is 0 Å². The van der Waals surface area contributed by atoms with Crippen LogP contribution in [-0.4, -0.2) is 0 Å². The van der Waals surface area contributed by atoms with Gasteiger partial charge in [-0.2, -0.15) is 0 Å². The van der Waals surface area contributed by atoms with Gasteiger partial charge in [-0.05, 0) is 122 Å². The Morgan fingerprint density at radius 3 is 1.57 bits per heavy atom.